The molecule has 0 saturated heterocycles. The number of halogens is 2. The van der Waals surface area contributed by atoms with Gasteiger partial charge in [-0.25, -0.2) is 8.42 Å². The predicted octanol–water partition coefficient (Wildman–Crippen LogP) is 4.69. The third-order valence-electron chi connectivity index (χ3n) is 5.44. The van der Waals surface area contributed by atoms with E-state index in [1.807, 2.05) is 0 Å². The van der Waals surface area contributed by atoms with E-state index in [2.05, 4.69) is 10.1 Å². The summed E-state index contributed by atoms with van der Waals surface area (Å²) in [7, 11) is -3.30. The number of rotatable bonds is 9. The summed E-state index contributed by atoms with van der Waals surface area (Å²) in [6.07, 6.45) is 0.0543. The highest BCUT2D eigenvalue weighted by Crippen LogP contribution is 2.24. The summed E-state index contributed by atoms with van der Waals surface area (Å²) in [6.45, 7) is -1.19. The Labute approximate surface area is 209 Å². The number of nitrogens with one attached hydrogen (secondary N) is 1. The van der Waals surface area contributed by atoms with Gasteiger partial charge < -0.3 is 10.1 Å². The van der Waals surface area contributed by atoms with Crippen LogP contribution >= 0.6 is 11.3 Å². The lowest BCUT2D eigenvalue weighted by molar-refractivity contribution is -0.115. The van der Waals surface area contributed by atoms with Crippen LogP contribution in [0, 0.1) is 0 Å². The molecule has 0 saturated carbocycles. The van der Waals surface area contributed by atoms with Crippen molar-refractivity contribution in [1.29, 1.82) is 0 Å². The predicted molar refractivity (Wildman–Crippen MR) is 135 cm³/mol. The lowest BCUT2D eigenvalue weighted by Gasteiger charge is -2.09. The molecule has 1 aromatic heterocycles. The van der Waals surface area contributed by atoms with Gasteiger partial charge in [0.05, 0.1) is 33.8 Å². The molecule has 4 aromatic rings. The van der Waals surface area contributed by atoms with Crippen molar-refractivity contribution < 1.29 is 26.7 Å². The van der Waals surface area contributed by atoms with Crippen molar-refractivity contribution >= 4 is 43.0 Å². The Hall–Kier alpha value is -3.57. The number of aromatic nitrogens is 1. The van der Waals surface area contributed by atoms with Crippen molar-refractivity contribution in [2.75, 3.05) is 11.1 Å². The van der Waals surface area contributed by atoms with Gasteiger partial charge in [-0.1, -0.05) is 42.5 Å². The van der Waals surface area contributed by atoms with Crippen LogP contribution in [-0.2, 0) is 27.6 Å². The van der Waals surface area contributed by atoms with Crippen molar-refractivity contribution in [3.05, 3.63) is 87.5 Å². The number of fused-ring (bicyclic) bond motifs is 1. The van der Waals surface area contributed by atoms with Gasteiger partial charge >= 0.3 is 11.5 Å². The maximum atomic E-state index is 12.6. The minimum atomic E-state index is -3.30. The molecule has 0 aliphatic rings. The second-order valence-electron chi connectivity index (χ2n) is 7.93. The standard InChI is InChI=1S/C25H22F2N2O5S2/c1-2-36(32,33)20-9-6-16(7-10-20)13-23(30)28-18-8-11-21-22(14-18)35-25(31)29(21)15-17-4-3-5-19(12-17)34-24(26)27/h3-12,14,24H,2,13,15H2,1H3,(H,28,30). The molecule has 0 unspecified atom stereocenters. The topological polar surface area (TPSA) is 94.5 Å². The summed E-state index contributed by atoms with van der Waals surface area (Å²) < 4.78 is 55.5. The quantitative estimate of drug-likeness (QED) is 0.338. The maximum Gasteiger partial charge on any atom is 0.387 e. The Morgan fingerprint density at radius 2 is 1.81 bits per heavy atom. The van der Waals surface area contributed by atoms with Crippen LogP contribution in [0.25, 0.3) is 10.2 Å². The highest BCUT2D eigenvalue weighted by atomic mass is 32.2. The lowest BCUT2D eigenvalue weighted by Crippen LogP contribution is -2.15. The summed E-state index contributed by atoms with van der Waals surface area (Å²) in [5.41, 5.74) is 2.46. The smallest absolute Gasteiger partial charge is 0.387 e. The summed E-state index contributed by atoms with van der Waals surface area (Å²) in [5.74, 6) is -0.271. The molecule has 36 heavy (non-hydrogen) atoms. The molecule has 1 amide bonds. The monoisotopic (exact) mass is 532 g/mol. The van der Waals surface area contributed by atoms with E-state index < -0.39 is 16.4 Å². The third kappa shape index (κ3) is 5.97. The highest BCUT2D eigenvalue weighted by molar-refractivity contribution is 7.91. The number of ether oxygens (including phenoxy) is 1. The number of hydrogen-bond donors (Lipinski definition) is 1. The molecule has 0 aliphatic carbocycles. The van der Waals surface area contributed by atoms with E-state index in [9.17, 15) is 26.8 Å². The Bertz CT molecular complexity index is 1560. The molecule has 0 spiro atoms. The SMILES string of the molecule is CCS(=O)(=O)c1ccc(CC(=O)Nc2ccc3c(c2)sc(=O)n3Cc2cccc(OC(F)F)c2)cc1. The van der Waals surface area contributed by atoms with Crippen molar-refractivity contribution in [2.24, 2.45) is 0 Å². The van der Waals surface area contributed by atoms with Gasteiger partial charge in [-0.05, 0) is 53.6 Å². The van der Waals surface area contributed by atoms with Crippen molar-refractivity contribution in [3.8, 4) is 5.75 Å². The van der Waals surface area contributed by atoms with Crippen LogP contribution < -0.4 is 14.9 Å². The number of benzene rings is 3. The first-order chi connectivity index (χ1) is 17.1. The maximum absolute atomic E-state index is 12.6. The Morgan fingerprint density at radius 1 is 1.06 bits per heavy atom. The number of thiazole rings is 1. The zero-order chi connectivity index (χ0) is 25.9. The van der Waals surface area contributed by atoms with E-state index in [1.165, 1.54) is 28.8 Å². The summed E-state index contributed by atoms with van der Waals surface area (Å²) in [5, 5.41) is 2.79. The highest BCUT2D eigenvalue weighted by Gasteiger charge is 2.14. The van der Waals surface area contributed by atoms with Gasteiger partial charge in [0.15, 0.2) is 9.84 Å². The van der Waals surface area contributed by atoms with Gasteiger partial charge in [0.1, 0.15) is 5.75 Å². The number of sulfone groups is 1. The van der Waals surface area contributed by atoms with E-state index >= 15 is 0 Å². The van der Waals surface area contributed by atoms with Crippen LogP contribution in [0.1, 0.15) is 18.1 Å². The minimum absolute atomic E-state index is 0.00259. The first-order valence-corrected chi connectivity index (χ1v) is 13.4. The fourth-order valence-electron chi connectivity index (χ4n) is 3.67. The first kappa shape index (κ1) is 25.5. The van der Waals surface area contributed by atoms with Crippen LogP contribution in [0.2, 0.25) is 0 Å². The van der Waals surface area contributed by atoms with E-state index in [0.717, 1.165) is 11.3 Å². The van der Waals surface area contributed by atoms with E-state index in [0.29, 0.717) is 27.0 Å². The van der Waals surface area contributed by atoms with Gasteiger partial charge in [0.2, 0.25) is 5.91 Å². The van der Waals surface area contributed by atoms with E-state index in [1.54, 1.807) is 49.4 Å². The molecule has 0 fully saturated rings. The largest absolute Gasteiger partial charge is 0.435 e. The average molecular weight is 533 g/mol. The van der Waals surface area contributed by atoms with Crippen LogP contribution in [0.4, 0.5) is 14.5 Å². The zero-order valence-corrected chi connectivity index (χ0v) is 20.7. The van der Waals surface area contributed by atoms with Gasteiger partial charge in [0.25, 0.3) is 0 Å². The first-order valence-electron chi connectivity index (χ1n) is 10.9. The normalized spacial score (nSPS) is 11.7. The molecular weight excluding hydrogens is 510 g/mol. The van der Waals surface area contributed by atoms with Crippen molar-refractivity contribution in [1.82, 2.24) is 4.57 Å². The Morgan fingerprint density at radius 3 is 2.50 bits per heavy atom. The molecule has 7 nitrogen and oxygen atoms in total. The second kappa shape index (κ2) is 10.6. The number of amides is 1. The molecule has 0 atom stereocenters. The lowest BCUT2D eigenvalue weighted by atomic mass is 10.1. The van der Waals surface area contributed by atoms with Crippen LogP contribution in [-0.4, -0.2) is 31.3 Å². The number of carbonyl (C=O) groups is 1. The summed E-state index contributed by atoms with van der Waals surface area (Å²) in [6, 6.07) is 17.5. The fraction of sp³-hybridized carbons (Fsp3) is 0.200. The zero-order valence-electron chi connectivity index (χ0n) is 19.1. The molecule has 0 aliphatic heterocycles. The number of alkyl halides is 2. The molecule has 1 N–H and O–H groups in total. The molecule has 3 aromatic carbocycles. The molecular formula is C25H22F2N2O5S2. The van der Waals surface area contributed by atoms with E-state index in [-0.39, 0.29) is 40.1 Å². The minimum Gasteiger partial charge on any atom is -0.435 e. The fourth-order valence-corrected chi connectivity index (χ4v) is 5.48. The molecule has 1 heterocycles. The number of anilines is 1. The summed E-state index contributed by atoms with van der Waals surface area (Å²) >= 11 is 1.01. The molecule has 0 bridgehead atoms. The summed E-state index contributed by atoms with van der Waals surface area (Å²) in [4.78, 5) is 25.1. The van der Waals surface area contributed by atoms with E-state index in [4.69, 9.17) is 0 Å². The number of hydrogen-bond acceptors (Lipinski definition) is 6. The Balaban J connectivity index is 1.47. The Kier molecular flexibility index (Phi) is 7.51. The van der Waals surface area contributed by atoms with Gasteiger partial charge in [0, 0.05) is 5.69 Å². The second-order valence-corrected chi connectivity index (χ2v) is 11.2. The molecule has 11 heteroatoms. The van der Waals surface area contributed by atoms with Crippen LogP contribution in [0.5, 0.6) is 5.75 Å². The van der Waals surface area contributed by atoms with Gasteiger partial charge in [-0.3, -0.25) is 14.2 Å². The number of nitrogens with zero attached hydrogens (tertiary/aromatic N) is 1. The van der Waals surface area contributed by atoms with Gasteiger partial charge in [-0.2, -0.15) is 8.78 Å². The van der Waals surface area contributed by atoms with Crippen LogP contribution in [0.15, 0.2) is 76.4 Å². The average Bonchev–Trinajstić information content (AvgIpc) is 3.13. The third-order valence-corrected chi connectivity index (χ3v) is 8.14. The van der Waals surface area contributed by atoms with Crippen molar-refractivity contribution in [3.63, 3.8) is 0 Å². The van der Waals surface area contributed by atoms with Gasteiger partial charge in [-0.15, -0.1) is 0 Å². The number of carbonyl (C=O) groups excluding carboxylic acids is 1. The van der Waals surface area contributed by atoms with Crippen molar-refractivity contribution in [2.45, 2.75) is 31.4 Å². The molecule has 0 radical (unpaired) electrons. The molecule has 4 rings (SSSR count). The molecule has 188 valence electrons. The van der Waals surface area contributed by atoms with Crippen LogP contribution in [0.3, 0.4) is 0 Å².